The molecule has 0 radical (unpaired) electrons. The van der Waals surface area contributed by atoms with Crippen LogP contribution >= 0.6 is 0 Å². The van der Waals surface area contributed by atoms with Gasteiger partial charge in [0, 0.05) is 11.1 Å². The van der Waals surface area contributed by atoms with Crippen molar-refractivity contribution in [3.63, 3.8) is 0 Å². The van der Waals surface area contributed by atoms with Gasteiger partial charge in [0.2, 0.25) is 0 Å². The molecule has 0 bridgehead atoms. The summed E-state index contributed by atoms with van der Waals surface area (Å²) in [7, 11) is -4.45. The Balaban J connectivity index is 0.00000128. The van der Waals surface area contributed by atoms with Gasteiger partial charge in [-0.15, -0.1) is 0 Å². The number of benzene rings is 2. The van der Waals surface area contributed by atoms with Crippen molar-refractivity contribution in [1.29, 1.82) is 0 Å². The summed E-state index contributed by atoms with van der Waals surface area (Å²) in [4.78, 5) is -0.229. The normalized spacial score (nSPS) is 11.1. The third kappa shape index (κ3) is 2.56. The Morgan fingerprint density at radius 1 is 1.12 bits per heavy atom. The maximum atomic E-state index is 11.0. The number of hydrogen-bond donors (Lipinski definition) is 1. The summed E-state index contributed by atoms with van der Waals surface area (Å²) in [6.45, 7) is 0. The van der Waals surface area contributed by atoms with E-state index >= 15 is 0 Å². The molecule has 0 amide bonds. The molecular formula is C10H8NNaO3S. The summed E-state index contributed by atoms with van der Waals surface area (Å²) < 4.78 is 32.9. The maximum Gasteiger partial charge on any atom is 1.00 e. The van der Waals surface area contributed by atoms with Crippen LogP contribution in [0.15, 0.2) is 41.3 Å². The fourth-order valence-corrected chi connectivity index (χ4v) is 2.17. The summed E-state index contributed by atoms with van der Waals surface area (Å²) >= 11 is 0. The second-order valence-corrected chi connectivity index (χ2v) is 4.54. The van der Waals surface area contributed by atoms with Gasteiger partial charge in [0.1, 0.15) is 10.1 Å². The SMILES string of the molecule is Nc1ccc2cccc(S(=O)(=O)[O-])c2c1.[Na+]. The van der Waals surface area contributed by atoms with Gasteiger partial charge in [-0.2, -0.15) is 0 Å². The number of rotatable bonds is 1. The van der Waals surface area contributed by atoms with Gasteiger partial charge in [-0.25, -0.2) is 8.42 Å². The average Bonchev–Trinajstić information content (AvgIpc) is 2.15. The van der Waals surface area contributed by atoms with Crippen molar-refractivity contribution < 1.29 is 42.5 Å². The van der Waals surface area contributed by atoms with Gasteiger partial charge in [0.15, 0.2) is 0 Å². The van der Waals surface area contributed by atoms with Crippen LogP contribution in [0.4, 0.5) is 5.69 Å². The van der Waals surface area contributed by atoms with Gasteiger partial charge in [0.05, 0.1) is 4.90 Å². The van der Waals surface area contributed by atoms with E-state index < -0.39 is 10.1 Å². The zero-order valence-electron chi connectivity index (χ0n) is 8.67. The van der Waals surface area contributed by atoms with Gasteiger partial charge >= 0.3 is 29.6 Å². The van der Waals surface area contributed by atoms with Crippen molar-refractivity contribution in [2.45, 2.75) is 4.90 Å². The zero-order valence-corrected chi connectivity index (χ0v) is 11.5. The summed E-state index contributed by atoms with van der Waals surface area (Å²) in [5, 5.41) is 1.05. The van der Waals surface area contributed by atoms with Gasteiger partial charge in [-0.05, 0) is 23.6 Å². The number of hydrogen-bond acceptors (Lipinski definition) is 4. The minimum atomic E-state index is -4.45. The molecule has 78 valence electrons. The largest absolute Gasteiger partial charge is 1.00 e. The molecular weight excluding hydrogens is 237 g/mol. The Morgan fingerprint density at radius 3 is 2.44 bits per heavy atom. The Kier molecular flexibility index (Phi) is 3.98. The van der Waals surface area contributed by atoms with Crippen molar-refractivity contribution in [2.75, 3.05) is 5.73 Å². The molecule has 4 nitrogen and oxygen atoms in total. The van der Waals surface area contributed by atoms with Crippen LogP contribution in [-0.4, -0.2) is 13.0 Å². The smallest absolute Gasteiger partial charge is 0.744 e. The molecule has 0 aliphatic rings. The average molecular weight is 245 g/mol. The molecule has 0 saturated carbocycles. The van der Waals surface area contributed by atoms with E-state index in [1.807, 2.05) is 0 Å². The maximum absolute atomic E-state index is 11.0. The van der Waals surface area contributed by atoms with Crippen molar-refractivity contribution >= 4 is 26.6 Å². The third-order valence-electron chi connectivity index (χ3n) is 2.14. The molecule has 2 rings (SSSR count). The molecule has 0 saturated heterocycles. The fraction of sp³-hybridized carbons (Fsp3) is 0. The number of fused-ring (bicyclic) bond motifs is 1. The van der Waals surface area contributed by atoms with E-state index in [1.54, 1.807) is 18.2 Å². The van der Waals surface area contributed by atoms with Crippen LogP contribution < -0.4 is 35.3 Å². The standard InChI is InChI=1S/C10H9NO3S.Na/c11-8-5-4-7-2-1-3-10(9(7)6-8)15(12,13)14;/h1-6H,11H2,(H,12,13,14);/q;+1/p-1. The molecule has 2 aromatic rings. The van der Waals surface area contributed by atoms with E-state index in [0.717, 1.165) is 0 Å². The van der Waals surface area contributed by atoms with Gasteiger partial charge < -0.3 is 10.3 Å². The van der Waals surface area contributed by atoms with E-state index in [9.17, 15) is 13.0 Å². The van der Waals surface area contributed by atoms with E-state index in [4.69, 9.17) is 5.73 Å². The van der Waals surface area contributed by atoms with Crippen LogP contribution in [0.3, 0.4) is 0 Å². The Bertz CT molecular complexity index is 625. The zero-order chi connectivity index (χ0) is 11.1. The van der Waals surface area contributed by atoms with Crippen LogP contribution in [-0.2, 0) is 10.1 Å². The number of nitrogens with two attached hydrogens (primary N) is 1. The molecule has 2 N–H and O–H groups in total. The van der Waals surface area contributed by atoms with Gasteiger partial charge in [-0.3, -0.25) is 0 Å². The topological polar surface area (TPSA) is 83.2 Å². The molecule has 0 unspecified atom stereocenters. The Labute approximate surface area is 115 Å². The Hall–Kier alpha value is -0.590. The second kappa shape index (κ2) is 4.73. The molecule has 16 heavy (non-hydrogen) atoms. The van der Waals surface area contributed by atoms with Crippen LogP contribution in [0.2, 0.25) is 0 Å². The van der Waals surface area contributed by atoms with Crippen LogP contribution in [0.5, 0.6) is 0 Å². The predicted octanol–water partition coefficient (Wildman–Crippen LogP) is -1.67. The monoisotopic (exact) mass is 245 g/mol. The van der Waals surface area contributed by atoms with Crippen LogP contribution in [0, 0.1) is 0 Å². The predicted molar refractivity (Wildman–Crippen MR) is 56.3 cm³/mol. The van der Waals surface area contributed by atoms with Crippen molar-refractivity contribution in [3.05, 3.63) is 36.4 Å². The first kappa shape index (κ1) is 13.5. The first-order valence-corrected chi connectivity index (χ1v) is 5.63. The molecule has 0 aliphatic carbocycles. The third-order valence-corrected chi connectivity index (χ3v) is 3.03. The molecule has 0 aromatic heterocycles. The first-order chi connectivity index (χ1) is 6.98. The summed E-state index contributed by atoms with van der Waals surface area (Å²) in [6.07, 6.45) is 0. The number of anilines is 1. The molecule has 0 heterocycles. The van der Waals surface area contributed by atoms with Crippen LogP contribution in [0.1, 0.15) is 0 Å². The van der Waals surface area contributed by atoms with E-state index in [2.05, 4.69) is 0 Å². The summed E-state index contributed by atoms with van der Waals surface area (Å²) in [5.41, 5.74) is 5.97. The van der Waals surface area contributed by atoms with Gasteiger partial charge in [-0.1, -0.05) is 18.2 Å². The molecule has 0 fully saturated rings. The molecule has 2 aromatic carbocycles. The minimum absolute atomic E-state index is 0. The quantitative estimate of drug-likeness (QED) is 0.370. The van der Waals surface area contributed by atoms with Gasteiger partial charge in [0.25, 0.3) is 0 Å². The fourth-order valence-electron chi connectivity index (χ4n) is 1.48. The molecule has 0 aliphatic heterocycles. The molecule has 0 atom stereocenters. The summed E-state index contributed by atoms with van der Waals surface area (Å²) in [6, 6.07) is 9.36. The van der Waals surface area contributed by atoms with Crippen molar-refractivity contribution in [3.8, 4) is 0 Å². The first-order valence-electron chi connectivity index (χ1n) is 4.22. The van der Waals surface area contributed by atoms with E-state index in [0.29, 0.717) is 16.5 Å². The van der Waals surface area contributed by atoms with E-state index in [-0.39, 0.29) is 34.5 Å². The van der Waals surface area contributed by atoms with Crippen molar-refractivity contribution in [2.24, 2.45) is 0 Å². The molecule has 6 heteroatoms. The molecule has 0 spiro atoms. The van der Waals surface area contributed by atoms with E-state index in [1.165, 1.54) is 18.2 Å². The number of nitrogen functional groups attached to an aromatic ring is 1. The Morgan fingerprint density at radius 2 is 1.81 bits per heavy atom. The summed E-state index contributed by atoms with van der Waals surface area (Å²) in [5.74, 6) is 0. The van der Waals surface area contributed by atoms with Crippen LogP contribution in [0.25, 0.3) is 10.8 Å². The van der Waals surface area contributed by atoms with Crippen molar-refractivity contribution in [1.82, 2.24) is 0 Å². The second-order valence-electron chi connectivity index (χ2n) is 3.19. The minimum Gasteiger partial charge on any atom is -0.744 e.